The molecule has 3 unspecified atom stereocenters. The van der Waals surface area contributed by atoms with Gasteiger partial charge >= 0.3 is 5.97 Å². The highest BCUT2D eigenvalue weighted by atomic mass is 16.4. The molecule has 1 N–H and O–H groups in total. The first-order chi connectivity index (χ1) is 9.36. The van der Waals surface area contributed by atoms with Gasteiger partial charge in [-0.3, -0.25) is 4.79 Å². The van der Waals surface area contributed by atoms with Gasteiger partial charge in [-0.1, -0.05) is 59.8 Å². The maximum Gasteiger partial charge on any atom is 0.306 e. The highest BCUT2D eigenvalue weighted by Gasteiger charge is 2.38. The van der Waals surface area contributed by atoms with E-state index in [1.807, 2.05) is 0 Å². The monoisotopic (exact) mass is 282 g/mol. The lowest BCUT2D eigenvalue weighted by Crippen LogP contribution is -2.35. The molecule has 2 heteroatoms. The van der Waals surface area contributed by atoms with E-state index >= 15 is 0 Å². The average molecular weight is 282 g/mol. The molecule has 0 aromatic carbocycles. The average Bonchev–Trinajstić information content (AvgIpc) is 2.37. The highest BCUT2D eigenvalue weighted by Crippen LogP contribution is 2.44. The number of unbranched alkanes of at least 4 members (excludes halogenated alkanes) is 4. The minimum Gasteiger partial charge on any atom is -0.481 e. The maximum atomic E-state index is 11.5. The van der Waals surface area contributed by atoms with Crippen LogP contribution in [0.2, 0.25) is 0 Å². The Morgan fingerprint density at radius 2 is 1.75 bits per heavy atom. The molecule has 0 radical (unpaired) electrons. The summed E-state index contributed by atoms with van der Waals surface area (Å²) < 4.78 is 0. The molecule has 0 amide bonds. The summed E-state index contributed by atoms with van der Waals surface area (Å²) in [6.07, 6.45) is 10.6. The normalized spacial score (nSPS) is 27.5. The fourth-order valence-electron chi connectivity index (χ4n) is 3.70. The van der Waals surface area contributed by atoms with Crippen molar-refractivity contribution in [3.05, 3.63) is 0 Å². The first-order valence-corrected chi connectivity index (χ1v) is 8.59. The van der Waals surface area contributed by atoms with Crippen LogP contribution in [0.5, 0.6) is 0 Å². The van der Waals surface area contributed by atoms with Gasteiger partial charge in [-0.15, -0.1) is 0 Å². The Morgan fingerprint density at radius 3 is 2.30 bits per heavy atom. The van der Waals surface area contributed by atoms with E-state index in [1.165, 1.54) is 32.1 Å². The van der Waals surface area contributed by atoms with Crippen LogP contribution >= 0.6 is 0 Å². The van der Waals surface area contributed by atoms with E-state index in [4.69, 9.17) is 0 Å². The predicted octanol–water partition coefficient (Wildman–Crippen LogP) is 5.51. The first-order valence-electron chi connectivity index (χ1n) is 8.59. The molecule has 0 heterocycles. The smallest absolute Gasteiger partial charge is 0.306 e. The zero-order chi connectivity index (χ0) is 15.2. The van der Waals surface area contributed by atoms with Gasteiger partial charge in [-0.25, -0.2) is 0 Å². The van der Waals surface area contributed by atoms with E-state index in [0.29, 0.717) is 17.3 Å². The second-order valence-electron chi connectivity index (χ2n) is 7.78. The van der Waals surface area contributed by atoms with Crippen molar-refractivity contribution >= 4 is 5.97 Å². The van der Waals surface area contributed by atoms with Gasteiger partial charge < -0.3 is 5.11 Å². The summed E-state index contributed by atoms with van der Waals surface area (Å²) in [5, 5.41) is 9.44. The Bertz CT molecular complexity index is 290. The Balaban J connectivity index is 2.49. The number of carboxylic acid groups (broad SMARTS) is 1. The van der Waals surface area contributed by atoms with E-state index in [-0.39, 0.29) is 5.92 Å². The molecule has 0 spiro atoms. The van der Waals surface area contributed by atoms with Crippen molar-refractivity contribution in [2.24, 2.45) is 23.2 Å². The number of hydrogen-bond donors (Lipinski definition) is 1. The third kappa shape index (κ3) is 5.46. The van der Waals surface area contributed by atoms with Gasteiger partial charge in [0.05, 0.1) is 5.92 Å². The van der Waals surface area contributed by atoms with Gasteiger partial charge in [-0.2, -0.15) is 0 Å². The largest absolute Gasteiger partial charge is 0.481 e. The number of carbonyl (C=O) groups is 1. The van der Waals surface area contributed by atoms with E-state index in [1.54, 1.807) is 0 Å². The summed E-state index contributed by atoms with van der Waals surface area (Å²) in [4.78, 5) is 11.5. The Labute approximate surface area is 125 Å². The molecule has 0 bridgehead atoms. The molecule has 1 aliphatic rings. The summed E-state index contributed by atoms with van der Waals surface area (Å²) >= 11 is 0. The molecule has 0 aliphatic heterocycles. The molecule has 2 nitrogen and oxygen atoms in total. The zero-order valence-corrected chi connectivity index (χ0v) is 14.0. The van der Waals surface area contributed by atoms with Crippen LogP contribution in [0.25, 0.3) is 0 Å². The van der Waals surface area contributed by atoms with Crippen molar-refractivity contribution in [1.29, 1.82) is 0 Å². The highest BCUT2D eigenvalue weighted by molar-refractivity contribution is 5.70. The van der Waals surface area contributed by atoms with Crippen LogP contribution < -0.4 is 0 Å². The molecule has 1 aliphatic carbocycles. The molecule has 20 heavy (non-hydrogen) atoms. The fraction of sp³-hybridized carbons (Fsp3) is 0.944. The number of carboxylic acids is 1. The second kappa shape index (κ2) is 8.05. The number of hydrogen-bond acceptors (Lipinski definition) is 1. The molecule has 3 atom stereocenters. The van der Waals surface area contributed by atoms with E-state index in [9.17, 15) is 9.90 Å². The molecule has 1 rings (SSSR count). The van der Waals surface area contributed by atoms with Crippen LogP contribution in [0.4, 0.5) is 0 Å². The quantitative estimate of drug-likeness (QED) is 0.625. The van der Waals surface area contributed by atoms with Crippen molar-refractivity contribution < 1.29 is 9.90 Å². The third-order valence-electron chi connectivity index (χ3n) is 5.20. The lowest BCUT2D eigenvalue weighted by atomic mass is 9.64. The SMILES string of the molecule is CCCCCCCC1CC(C(C)(C)C)CCC1C(=O)O. The Morgan fingerprint density at radius 1 is 1.10 bits per heavy atom. The molecule has 0 aromatic heterocycles. The first kappa shape index (κ1) is 17.5. The molecular weight excluding hydrogens is 248 g/mol. The minimum absolute atomic E-state index is 0.0835. The number of aliphatic carboxylic acids is 1. The van der Waals surface area contributed by atoms with Crippen LogP contribution in [0.3, 0.4) is 0 Å². The Kier molecular flexibility index (Phi) is 7.05. The second-order valence-corrected chi connectivity index (χ2v) is 7.78. The van der Waals surface area contributed by atoms with Crippen LogP contribution in [-0.2, 0) is 4.79 Å². The lowest BCUT2D eigenvalue weighted by molar-refractivity contribution is -0.146. The van der Waals surface area contributed by atoms with Gasteiger partial charge in [0.2, 0.25) is 0 Å². The van der Waals surface area contributed by atoms with Crippen molar-refractivity contribution in [2.75, 3.05) is 0 Å². The molecule has 118 valence electrons. The third-order valence-corrected chi connectivity index (χ3v) is 5.20. The van der Waals surface area contributed by atoms with Gasteiger partial charge in [0.1, 0.15) is 0 Å². The zero-order valence-electron chi connectivity index (χ0n) is 14.0. The Hall–Kier alpha value is -0.530. The van der Waals surface area contributed by atoms with Crippen molar-refractivity contribution in [1.82, 2.24) is 0 Å². The molecule has 0 aromatic rings. The summed E-state index contributed by atoms with van der Waals surface area (Å²) in [5.74, 6) is 0.460. The fourth-order valence-corrected chi connectivity index (χ4v) is 3.70. The van der Waals surface area contributed by atoms with Crippen LogP contribution in [0.1, 0.15) is 85.5 Å². The molecule has 1 fully saturated rings. The van der Waals surface area contributed by atoms with E-state index in [2.05, 4.69) is 27.7 Å². The standard InChI is InChI=1S/C18H34O2/c1-5-6-7-8-9-10-14-13-15(18(2,3)4)11-12-16(14)17(19)20/h14-16H,5-13H2,1-4H3,(H,19,20). The van der Waals surface area contributed by atoms with Crippen molar-refractivity contribution in [2.45, 2.75) is 85.5 Å². The van der Waals surface area contributed by atoms with Gasteiger partial charge in [0.25, 0.3) is 0 Å². The molecule has 1 saturated carbocycles. The number of rotatable bonds is 7. The van der Waals surface area contributed by atoms with Crippen molar-refractivity contribution in [3.8, 4) is 0 Å². The van der Waals surface area contributed by atoms with Crippen molar-refractivity contribution in [3.63, 3.8) is 0 Å². The molecule has 0 saturated heterocycles. The van der Waals surface area contributed by atoms with Crippen LogP contribution in [-0.4, -0.2) is 11.1 Å². The predicted molar refractivity (Wildman–Crippen MR) is 84.8 cm³/mol. The summed E-state index contributed by atoms with van der Waals surface area (Å²) in [6.45, 7) is 9.14. The van der Waals surface area contributed by atoms with Gasteiger partial charge in [-0.05, 0) is 42.9 Å². The van der Waals surface area contributed by atoms with Gasteiger partial charge in [0.15, 0.2) is 0 Å². The van der Waals surface area contributed by atoms with Gasteiger partial charge in [0, 0.05) is 0 Å². The molecular formula is C18H34O2. The summed E-state index contributed by atoms with van der Waals surface area (Å²) in [5.41, 5.74) is 0.323. The maximum absolute atomic E-state index is 11.5. The summed E-state index contributed by atoms with van der Waals surface area (Å²) in [7, 11) is 0. The van der Waals surface area contributed by atoms with E-state index < -0.39 is 5.97 Å². The van der Waals surface area contributed by atoms with Crippen LogP contribution in [0, 0.1) is 23.2 Å². The van der Waals surface area contributed by atoms with Crippen LogP contribution in [0.15, 0.2) is 0 Å². The minimum atomic E-state index is -0.559. The topological polar surface area (TPSA) is 37.3 Å². The summed E-state index contributed by atoms with van der Waals surface area (Å²) in [6, 6.07) is 0. The lowest BCUT2D eigenvalue weighted by Gasteiger charge is -2.40. The van der Waals surface area contributed by atoms with E-state index in [0.717, 1.165) is 25.7 Å².